The minimum Gasteiger partial charge on any atom is -0.379 e. The average molecular weight is 333 g/mol. The maximum absolute atomic E-state index is 12.6. The van der Waals surface area contributed by atoms with E-state index in [9.17, 15) is 4.79 Å². The number of amides is 1. The molecule has 6 nitrogen and oxygen atoms in total. The topological polar surface area (TPSA) is 68.5 Å². The number of aromatic nitrogens is 2. The molecule has 1 atom stereocenters. The molecule has 3 rings (SSSR count). The first-order valence-electron chi connectivity index (χ1n) is 7.21. The molecule has 1 aromatic carbocycles. The number of carbonyl (C=O) groups is 1. The highest BCUT2D eigenvalue weighted by atomic mass is 35.5. The summed E-state index contributed by atoms with van der Waals surface area (Å²) in [5.41, 5.74) is 1.19. The highest BCUT2D eigenvalue weighted by molar-refractivity contribution is 6.34. The van der Waals surface area contributed by atoms with Gasteiger partial charge in [0.2, 0.25) is 5.60 Å². The van der Waals surface area contributed by atoms with Gasteiger partial charge >= 0.3 is 0 Å². The van der Waals surface area contributed by atoms with Crippen molar-refractivity contribution in [1.82, 2.24) is 9.78 Å². The summed E-state index contributed by atoms with van der Waals surface area (Å²) in [6, 6.07) is 9.16. The number of anilines is 1. The van der Waals surface area contributed by atoms with E-state index in [4.69, 9.17) is 16.4 Å². The number of nitrogens with zero attached hydrogens (tertiary/aromatic N) is 3. The molecule has 0 radical (unpaired) electrons. The molecule has 23 heavy (non-hydrogen) atoms. The van der Waals surface area contributed by atoms with Gasteiger partial charge in [0, 0.05) is 30.1 Å². The Bertz CT molecular complexity index is 799. The van der Waals surface area contributed by atoms with Crippen LogP contribution in [0.5, 0.6) is 0 Å². The summed E-state index contributed by atoms with van der Waals surface area (Å²) in [5, 5.41) is 11.7. The number of rotatable bonds is 3. The summed E-state index contributed by atoms with van der Waals surface area (Å²) in [5.74, 6) is 0.342. The molecule has 1 N–H and O–H groups in total. The smallest absolute Gasteiger partial charge is 0.272 e. The van der Waals surface area contributed by atoms with E-state index in [1.54, 1.807) is 30.8 Å². The average Bonchev–Trinajstić information content (AvgIpc) is 3.04. The number of hydrogen-bond donors (Lipinski definition) is 1. The van der Waals surface area contributed by atoms with E-state index in [0.29, 0.717) is 23.0 Å². The van der Waals surface area contributed by atoms with Crippen molar-refractivity contribution in [1.29, 1.82) is 0 Å². The van der Waals surface area contributed by atoms with E-state index in [2.05, 4.69) is 15.6 Å². The van der Waals surface area contributed by atoms with Gasteiger partial charge < -0.3 is 10.2 Å². The molecule has 1 aromatic heterocycles. The molecule has 0 saturated heterocycles. The van der Waals surface area contributed by atoms with Crippen molar-refractivity contribution in [3.8, 4) is 0 Å². The molecule has 1 aliphatic heterocycles. The lowest BCUT2D eigenvalue weighted by Gasteiger charge is -2.20. The lowest BCUT2D eigenvalue weighted by molar-refractivity contribution is -0.136. The van der Waals surface area contributed by atoms with Gasteiger partial charge in [-0.3, -0.25) is 9.48 Å². The second-order valence-electron chi connectivity index (χ2n) is 5.77. The minimum absolute atomic E-state index is 0.272. The fourth-order valence-corrected chi connectivity index (χ4v) is 2.72. The number of nitrogens with one attached hydrogen (secondary N) is 1. The van der Waals surface area contributed by atoms with Gasteiger partial charge in [0.25, 0.3) is 5.91 Å². The molecule has 0 unspecified atom stereocenters. The van der Waals surface area contributed by atoms with Crippen LogP contribution in [0.3, 0.4) is 0 Å². The second kappa shape index (κ2) is 5.70. The second-order valence-corrected chi connectivity index (χ2v) is 6.17. The molecular formula is C16H17ClN4O2. The molecule has 2 aromatic rings. The number of halogens is 1. The van der Waals surface area contributed by atoms with Gasteiger partial charge in [0.05, 0.1) is 11.4 Å². The number of hydrogen-bond acceptors (Lipinski definition) is 4. The fourth-order valence-electron chi connectivity index (χ4n) is 2.48. The van der Waals surface area contributed by atoms with Crippen LogP contribution in [-0.4, -0.2) is 27.0 Å². The van der Waals surface area contributed by atoms with Gasteiger partial charge in [-0.1, -0.05) is 35.0 Å². The summed E-state index contributed by atoms with van der Waals surface area (Å²) in [6.07, 6.45) is 0.347. The van der Waals surface area contributed by atoms with Crippen molar-refractivity contribution in [2.24, 2.45) is 12.2 Å². The third-order valence-electron chi connectivity index (χ3n) is 3.77. The Morgan fingerprint density at radius 2 is 2.17 bits per heavy atom. The third kappa shape index (κ3) is 2.94. The van der Waals surface area contributed by atoms with Crippen molar-refractivity contribution in [2.75, 3.05) is 5.32 Å². The molecule has 7 heteroatoms. The van der Waals surface area contributed by atoms with Crippen LogP contribution in [0.1, 0.15) is 24.6 Å². The van der Waals surface area contributed by atoms with Crippen molar-refractivity contribution in [3.63, 3.8) is 0 Å². The molecule has 0 bridgehead atoms. The summed E-state index contributed by atoms with van der Waals surface area (Å²) >= 11 is 6.18. The standard InChI is InChI=1S/C16H17ClN4O2/c1-10-8-14(21(3)19-10)18-15(22)16(2)9-13(20-23-16)11-6-4-5-7-12(11)17/h4-8H,9H2,1-3H3,(H,18,22)/t16-/m0/s1. The normalized spacial score (nSPS) is 20.1. The summed E-state index contributed by atoms with van der Waals surface area (Å²) < 4.78 is 1.61. The van der Waals surface area contributed by atoms with E-state index >= 15 is 0 Å². The maximum Gasteiger partial charge on any atom is 0.272 e. The number of carbonyl (C=O) groups excluding carboxylic acids is 1. The molecule has 120 valence electrons. The van der Waals surface area contributed by atoms with E-state index in [1.807, 2.05) is 25.1 Å². The number of oxime groups is 1. The van der Waals surface area contributed by atoms with Gasteiger partial charge in [-0.05, 0) is 19.9 Å². The lowest BCUT2D eigenvalue weighted by atomic mass is 9.95. The Morgan fingerprint density at radius 3 is 2.83 bits per heavy atom. The zero-order valence-electron chi connectivity index (χ0n) is 13.1. The van der Waals surface area contributed by atoms with Crippen LogP contribution in [0.2, 0.25) is 5.02 Å². The van der Waals surface area contributed by atoms with Crippen LogP contribution in [-0.2, 0) is 16.7 Å². The van der Waals surface area contributed by atoms with Crippen LogP contribution in [0.25, 0.3) is 0 Å². The zero-order valence-corrected chi connectivity index (χ0v) is 13.9. The van der Waals surface area contributed by atoms with Crippen LogP contribution in [0.4, 0.5) is 5.82 Å². The largest absolute Gasteiger partial charge is 0.379 e. The van der Waals surface area contributed by atoms with Gasteiger partial charge in [0.1, 0.15) is 5.82 Å². The Kier molecular flexibility index (Phi) is 3.85. The highest BCUT2D eigenvalue weighted by Crippen LogP contribution is 2.30. The van der Waals surface area contributed by atoms with Gasteiger partial charge in [-0.15, -0.1) is 0 Å². The Balaban J connectivity index is 1.76. The molecular weight excluding hydrogens is 316 g/mol. The lowest BCUT2D eigenvalue weighted by Crippen LogP contribution is -2.40. The zero-order chi connectivity index (χ0) is 16.6. The first-order chi connectivity index (χ1) is 10.9. The molecule has 0 aliphatic carbocycles. The number of aryl methyl sites for hydroxylation is 2. The molecule has 1 amide bonds. The molecule has 0 saturated carbocycles. The summed E-state index contributed by atoms with van der Waals surface area (Å²) in [4.78, 5) is 18.0. The van der Waals surface area contributed by atoms with E-state index in [-0.39, 0.29) is 5.91 Å². The quantitative estimate of drug-likeness (QED) is 0.939. The fraction of sp³-hybridized carbons (Fsp3) is 0.312. The van der Waals surface area contributed by atoms with Crippen molar-refractivity contribution in [2.45, 2.75) is 25.9 Å². The predicted octanol–water partition coefficient (Wildman–Crippen LogP) is 2.90. The first-order valence-corrected chi connectivity index (χ1v) is 7.59. The van der Waals surface area contributed by atoms with Gasteiger partial charge in [0.15, 0.2) is 0 Å². The molecule has 0 spiro atoms. The van der Waals surface area contributed by atoms with E-state index in [0.717, 1.165) is 11.3 Å². The highest BCUT2D eigenvalue weighted by Gasteiger charge is 2.42. The summed E-state index contributed by atoms with van der Waals surface area (Å²) in [7, 11) is 1.77. The number of benzene rings is 1. The minimum atomic E-state index is -1.08. The van der Waals surface area contributed by atoms with E-state index < -0.39 is 5.60 Å². The monoisotopic (exact) mass is 332 g/mol. The molecule has 2 heterocycles. The Morgan fingerprint density at radius 1 is 1.43 bits per heavy atom. The first kappa shape index (κ1) is 15.6. The van der Waals surface area contributed by atoms with Crippen LogP contribution in [0, 0.1) is 6.92 Å². The summed E-state index contributed by atoms with van der Waals surface area (Å²) in [6.45, 7) is 3.57. The van der Waals surface area contributed by atoms with Crippen molar-refractivity contribution in [3.05, 3.63) is 46.6 Å². The van der Waals surface area contributed by atoms with Crippen LogP contribution in [0.15, 0.2) is 35.5 Å². The van der Waals surface area contributed by atoms with Crippen molar-refractivity contribution >= 4 is 29.0 Å². The van der Waals surface area contributed by atoms with Crippen LogP contribution < -0.4 is 5.32 Å². The van der Waals surface area contributed by atoms with E-state index in [1.165, 1.54) is 0 Å². The predicted molar refractivity (Wildman–Crippen MR) is 88.7 cm³/mol. The maximum atomic E-state index is 12.6. The Hall–Kier alpha value is -2.34. The van der Waals surface area contributed by atoms with Crippen molar-refractivity contribution < 1.29 is 9.63 Å². The van der Waals surface area contributed by atoms with Crippen LogP contribution >= 0.6 is 11.6 Å². The molecule has 1 aliphatic rings. The SMILES string of the molecule is Cc1cc(NC(=O)[C@]2(C)CC(c3ccccc3Cl)=NO2)n(C)n1. The molecule has 0 fully saturated rings. The third-order valence-corrected chi connectivity index (χ3v) is 4.10. The van der Waals surface area contributed by atoms with Gasteiger partial charge in [-0.25, -0.2) is 0 Å². The Labute approximate surface area is 139 Å². The van der Waals surface area contributed by atoms with Gasteiger partial charge in [-0.2, -0.15) is 5.10 Å².